The maximum absolute atomic E-state index is 12.5. The first-order valence-electron chi connectivity index (χ1n) is 9.42. The zero-order valence-corrected chi connectivity index (χ0v) is 14.9. The van der Waals surface area contributed by atoms with E-state index in [9.17, 15) is 23.4 Å². The van der Waals surface area contributed by atoms with E-state index < -0.39 is 12.8 Å². The van der Waals surface area contributed by atoms with Crippen molar-refractivity contribution in [1.29, 1.82) is 0 Å². The van der Waals surface area contributed by atoms with Crippen molar-refractivity contribution in [2.45, 2.75) is 63.6 Å². The highest BCUT2D eigenvalue weighted by molar-refractivity contribution is 5.49. The Kier molecular flexibility index (Phi) is 4.17. The average molecular weight is 370 g/mol. The number of hydrogen-bond acceptors (Lipinski definition) is 3. The van der Waals surface area contributed by atoms with Gasteiger partial charge < -0.3 is 14.9 Å². The molecule has 1 aromatic carbocycles. The number of alkyl halides is 3. The normalized spacial score (nSPS) is 36.2. The Morgan fingerprint density at radius 1 is 1.19 bits per heavy atom. The number of aromatic hydroxyl groups is 1. The topological polar surface area (TPSA) is 49.7 Å². The molecular weight excluding hydrogens is 345 g/mol. The molecule has 6 heteroatoms. The van der Waals surface area contributed by atoms with Crippen LogP contribution in [0, 0.1) is 17.3 Å². The number of fused-ring (bicyclic) bond motifs is 5. The summed E-state index contributed by atoms with van der Waals surface area (Å²) in [6.45, 7) is 0.788. The Morgan fingerprint density at radius 3 is 2.69 bits per heavy atom. The maximum atomic E-state index is 12.5. The number of aliphatic hydroxyl groups is 1. The molecule has 0 aromatic heterocycles. The van der Waals surface area contributed by atoms with Crippen LogP contribution >= 0.6 is 0 Å². The number of hydrogen-bond donors (Lipinski definition) is 2. The highest BCUT2D eigenvalue weighted by atomic mass is 19.4. The summed E-state index contributed by atoms with van der Waals surface area (Å²) < 4.78 is 42.3. The minimum atomic E-state index is -4.43. The fraction of sp³-hybridized carbons (Fsp3) is 0.700. The fourth-order valence-electron chi connectivity index (χ4n) is 5.84. The molecule has 2 saturated carbocycles. The van der Waals surface area contributed by atoms with Crippen molar-refractivity contribution >= 4 is 0 Å². The molecule has 0 spiro atoms. The Morgan fingerprint density at radius 2 is 1.96 bits per heavy atom. The van der Waals surface area contributed by atoms with E-state index >= 15 is 0 Å². The van der Waals surface area contributed by atoms with Gasteiger partial charge >= 0.3 is 6.18 Å². The van der Waals surface area contributed by atoms with Crippen molar-refractivity contribution in [2.75, 3.05) is 6.61 Å². The first-order valence-corrected chi connectivity index (χ1v) is 9.42. The first kappa shape index (κ1) is 18.0. The third kappa shape index (κ3) is 2.86. The molecule has 4 rings (SSSR count). The molecular formula is C20H25F3O3. The van der Waals surface area contributed by atoms with E-state index in [-0.39, 0.29) is 28.9 Å². The van der Waals surface area contributed by atoms with Crippen LogP contribution in [0.4, 0.5) is 13.2 Å². The van der Waals surface area contributed by atoms with Crippen LogP contribution in [-0.2, 0) is 6.42 Å². The van der Waals surface area contributed by atoms with Crippen LogP contribution in [-0.4, -0.2) is 29.1 Å². The Hall–Kier alpha value is -1.43. The number of phenolic OH excluding ortho intramolecular Hbond substituents is 1. The highest BCUT2D eigenvalue weighted by Crippen LogP contribution is 2.61. The molecule has 2 N–H and O–H groups in total. The molecule has 26 heavy (non-hydrogen) atoms. The van der Waals surface area contributed by atoms with E-state index in [4.69, 9.17) is 4.74 Å². The lowest BCUT2D eigenvalue weighted by atomic mass is 9.55. The van der Waals surface area contributed by atoms with Crippen molar-refractivity contribution in [3.63, 3.8) is 0 Å². The summed E-state index contributed by atoms with van der Waals surface area (Å²) in [5, 5.41) is 20.5. The number of aryl methyl sites for hydroxylation is 1. The Balaban J connectivity index is 1.63. The maximum Gasteiger partial charge on any atom is 0.422 e. The number of phenols is 1. The van der Waals surface area contributed by atoms with E-state index in [2.05, 4.69) is 6.92 Å². The smallest absolute Gasteiger partial charge is 0.422 e. The van der Waals surface area contributed by atoms with Crippen LogP contribution in [0.2, 0.25) is 0 Å². The molecule has 3 aliphatic carbocycles. The van der Waals surface area contributed by atoms with Gasteiger partial charge in [0.15, 0.2) is 18.1 Å². The largest absolute Gasteiger partial charge is 0.504 e. The lowest BCUT2D eigenvalue weighted by molar-refractivity contribution is -0.153. The fourth-order valence-corrected chi connectivity index (χ4v) is 5.84. The van der Waals surface area contributed by atoms with E-state index in [0.29, 0.717) is 11.8 Å². The Labute approximate surface area is 151 Å². The molecule has 1 unspecified atom stereocenters. The summed E-state index contributed by atoms with van der Waals surface area (Å²) >= 11 is 0. The number of halogens is 3. The zero-order valence-electron chi connectivity index (χ0n) is 14.9. The molecule has 0 bridgehead atoms. The molecule has 0 heterocycles. The van der Waals surface area contributed by atoms with Crippen molar-refractivity contribution in [3.8, 4) is 11.5 Å². The minimum absolute atomic E-state index is 0.0365. The molecule has 3 aliphatic rings. The predicted octanol–water partition coefficient (Wildman–Crippen LogP) is 4.55. The molecule has 0 saturated heterocycles. The monoisotopic (exact) mass is 370 g/mol. The molecule has 0 aliphatic heterocycles. The average Bonchev–Trinajstić information content (AvgIpc) is 2.87. The standard InChI is InChI=1S/C20H25F3O3/c1-19-7-6-12-13(15(19)4-5-18(19)25)3-2-11-8-16(24)17(9-14(11)12)26-10-20(21,22)23/h8-9,12-13,15,18,24-25H,2-7,10H2,1H3/t12-,13+,15-,18?,19-/m0/s1. The van der Waals surface area contributed by atoms with Crippen LogP contribution in [0.25, 0.3) is 0 Å². The summed E-state index contributed by atoms with van der Waals surface area (Å²) in [6, 6.07) is 3.20. The molecule has 0 radical (unpaired) electrons. The lowest BCUT2D eigenvalue weighted by Crippen LogP contribution is -2.43. The van der Waals surface area contributed by atoms with E-state index in [0.717, 1.165) is 49.7 Å². The number of aliphatic hydroxyl groups excluding tert-OH is 1. The lowest BCUT2D eigenvalue weighted by Gasteiger charge is -2.50. The van der Waals surface area contributed by atoms with Gasteiger partial charge in [0.1, 0.15) is 0 Å². The second kappa shape index (κ2) is 6.04. The molecule has 2 fully saturated rings. The van der Waals surface area contributed by atoms with Gasteiger partial charge in [-0.25, -0.2) is 0 Å². The van der Waals surface area contributed by atoms with Gasteiger partial charge in [0, 0.05) is 0 Å². The van der Waals surface area contributed by atoms with Gasteiger partial charge in [0.25, 0.3) is 0 Å². The third-order valence-corrected chi connectivity index (χ3v) is 7.15. The zero-order chi connectivity index (χ0) is 18.7. The van der Waals surface area contributed by atoms with E-state index in [1.165, 1.54) is 0 Å². The van der Waals surface area contributed by atoms with Gasteiger partial charge in [-0.15, -0.1) is 0 Å². The van der Waals surface area contributed by atoms with Crippen LogP contribution in [0.15, 0.2) is 12.1 Å². The minimum Gasteiger partial charge on any atom is -0.504 e. The number of benzene rings is 1. The van der Waals surface area contributed by atoms with Crippen LogP contribution < -0.4 is 4.74 Å². The molecule has 1 aromatic rings. The van der Waals surface area contributed by atoms with Gasteiger partial charge in [-0.05, 0) is 85.0 Å². The quantitative estimate of drug-likeness (QED) is 0.803. The van der Waals surface area contributed by atoms with Gasteiger partial charge in [-0.1, -0.05) is 6.92 Å². The summed E-state index contributed by atoms with van der Waals surface area (Å²) in [5.74, 6) is 0.872. The molecule has 0 amide bonds. The molecule has 3 nitrogen and oxygen atoms in total. The highest BCUT2D eigenvalue weighted by Gasteiger charge is 2.54. The number of ether oxygens (including phenoxy) is 1. The summed E-state index contributed by atoms with van der Waals surface area (Å²) in [5.41, 5.74) is 2.01. The SMILES string of the molecule is C[C@]12CC[C@@H]3c4cc(OCC(F)(F)F)c(O)cc4CC[C@H]3[C@@H]1CCC2O. The van der Waals surface area contributed by atoms with Gasteiger partial charge in [-0.2, -0.15) is 13.2 Å². The van der Waals surface area contributed by atoms with Gasteiger partial charge in [-0.3, -0.25) is 0 Å². The second-order valence-electron chi connectivity index (χ2n) is 8.48. The number of rotatable bonds is 2. The van der Waals surface area contributed by atoms with Crippen molar-refractivity contribution in [2.24, 2.45) is 17.3 Å². The predicted molar refractivity (Wildman–Crippen MR) is 90.3 cm³/mol. The summed E-state index contributed by atoms with van der Waals surface area (Å²) in [4.78, 5) is 0. The Bertz CT molecular complexity index is 702. The third-order valence-electron chi connectivity index (χ3n) is 7.15. The van der Waals surface area contributed by atoms with Crippen LogP contribution in [0.3, 0.4) is 0 Å². The molecule has 144 valence electrons. The van der Waals surface area contributed by atoms with Crippen molar-refractivity contribution < 1.29 is 28.1 Å². The van der Waals surface area contributed by atoms with Crippen molar-refractivity contribution in [3.05, 3.63) is 23.3 Å². The summed E-state index contributed by atoms with van der Waals surface area (Å²) in [6.07, 6.45) is 0.845. The van der Waals surface area contributed by atoms with Crippen LogP contribution in [0.1, 0.15) is 56.1 Å². The van der Waals surface area contributed by atoms with Gasteiger partial charge in [0.05, 0.1) is 6.10 Å². The van der Waals surface area contributed by atoms with Gasteiger partial charge in [0.2, 0.25) is 0 Å². The van der Waals surface area contributed by atoms with E-state index in [1.54, 1.807) is 12.1 Å². The first-order chi connectivity index (χ1) is 12.2. The summed E-state index contributed by atoms with van der Waals surface area (Å²) in [7, 11) is 0. The van der Waals surface area contributed by atoms with Crippen molar-refractivity contribution in [1.82, 2.24) is 0 Å². The van der Waals surface area contributed by atoms with Crippen LogP contribution in [0.5, 0.6) is 11.5 Å². The second-order valence-corrected chi connectivity index (χ2v) is 8.48. The molecule has 5 atom stereocenters. The van der Waals surface area contributed by atoms with E-state index in [1.807, 2.05) is 0 Å².